The molecular formula is C3H6ClF3O2. The Hall–Kier alpha value is -0.0000000000000000555. The summed E-state index contributed by atoms with van der Waals surface area (Å²) in [5.74, 6) is -0.802. The van der Waals surface area contributed by atoms with E-state index in [1.807, 2.05) is 0 Å². The lowest BCUT2D eigenvalue weighted by molar-refractivity contribution is -0.196. The summed E-state index contributed by atoms with van der Waals surface area (Å²) in [5.41, 5.74) is 0. The lowest BCUT2D eigenvalue weighted by Gasteiger charge is -2.09. The Labute approximate surface area is 54.5 Å². The maximum atomic E-state index is 11.1. The molecule has 58 valence electrons. The highest BCUT2D eigenvalue weighted by molar-refractivity contribution is 6.18. The Morgan fingerprint density at radius 3 is 1.78 bits per heavy atom. The average molecular weight is 167 g/mol. The van der Waals surface area contributed by atoms with E-state index < -0.39 is 18.2 Å². The van der Waals surface area contributed by atoms with E-state index >= 15 is 0 Å². The molecule has 0 amide bonds. The normalized spacial score (nSPS) is 14.3. The summed E-state index contributed by atoms with van der Waals surface area (Å²) in [7, 11) is 0. The number of alkyl halides is 4. The van der Waals surface area contributed by atoms with Gasteiger partial charge in [0.05, 0.1) is 5.88 Å². The van der Waals surface area contributed by atoms with Crippen molar-refractivity contribution >= 4 is 11.6 Å². The number of hydrogen-bond acceptors (Lipinski definition) is 1. The van der Waals surface area contributed by atoms with Crippen LogP contribution in [0.5, 0.6) is 0 Å². The zero-order valence-electron chi connectivity index (χ0n) is 4.24. The summed E-state index contributed by atoms with van der Waals surface area (Å²) in [6, 6.07) is 0. The van der Waals surface area contributed by atoms with E-state index in [9.17, 15) is 13.2 Å². The van der Waals surface area contributed by atoms with Crippen molar-refractivity contribution in [2.45, 2.75) is 12.3 Å². The second-order valence-electron chi connectivity index (χ2n) is 1.21. The van der Waals surface area contributed by atoms with Gasteiger partial charge in [0.1, 0.15) is 0 Å². The molecule has 0 radical (unpaired) electrons. The SMILES string of the molecule is O.OC(CCl)C(F)(F)F. The number of aliphatic hydroxyl groups is 1. The largest absolute Gasteiger partial charge is 0.415 e. The van der Waals surface area contributed by atoms with Crippen LogP contribution in [-0.2, 0) is 0 Å². The molecule has 0 rings (SSSR count). The van der Waals surface area contributed by atoms with Gasteiger partial charge in [-0.05, 0) is 0 Å². The van der Waals surface area contributed by atoms with Crippen LogP contribution in [0.15, 0.2) is 0 Å². The molecule has 0 aromatic heterocycles. The van der Waals surface area contributed by atoms with Crippen molar-refractivity contribution in [3.05, 3.63) is 0 Å². The van der Waals surface area contributed by atoms with Crippen molar-refractivity contribution in [1.82, 2.24) is 0 Å². The van der Waals surface area contributed by atoms with Crippen LogP contribution in [0, 0.1) is 0 Å². The smallest absolute Gasteiger partial charge is 0.412 e. The molecule has 1 unspecified atom stereocenters. The summed E-state index contributed by atoms with van der Waals surface area (Å²) in [6.45, 7) is 0. The molecule has 0 aliphatic carbocycles. The summed E-state index contributed by atoms with van der Waals surface area (Å²) >= 11 is 4.67. The van der Waals surface area contributed by atoms with Crippen LogP contribution in [-0.4, -0.2) is 28.7 Å². The topological polar surface area (TPSA) is 51.7 Å². The summed E-state index contributed by atoms with van der Waals surface area (Å²) in [4.78, 5) is 0. The molecule has 2 nitrogen and oxygen atoms in total. The van der Waals surface area contributed by atoms with Crippen LogP contribution in [0.1, 0.15) is 0 Å². The van der Waals surface area contributed by atoms with Gasteiger partial charge < -0.3 is 10.6 Å². The third-order valence-electron chi connectivity index (χ3n) is 0.524. The molecule has 0 aliphatic rings. The zero-order valence-corrected chi connectivity index (χ0v) is 5.00. The van der Waals surface area contributed by atoms with Gasteiger partial charge in [-0.1, -0.05) is 0 Å². The van der Waals surface area contributed by atoms with Crippen LogP contribution in [0.25, 0.3) is 0 Å². The molecule has 9 heavy (non-hydrogen) atoms. The fraction of sp³-hybridized carbons (Fsp3) is 1.00. The molecule has 0 spiro atoms. The van der Waals surface area contributed by atoms with Crippen molar-refractivity contribution in [3.8, 4) is 0 Å². The molecule has 0 saturated carbocycles. The summed E-state index contributed by atoms with van der Waals surface area (Å²) in [6.07, 6.45) is -6.95. The third kappa shape index (κ3) is 4.50. The van der Waals surface area contributed by atoms with Crippen molar-refractivity contribution in [2.24, 2.45) is 0 Å². The number of hydrogen-bond donors (Lipinski definition) is 1. The minimum Gasteiger partial charge on any atom is -0.412 e. The van der Waals surface area contributed by atoms with Gasteiger partial charge in [0.15, 0.2) is 6.10 Å². The van der Waals surface area contributed by atoms with E-state index in [0.29, 0.717) is 0 Å². The first-order valence-corrected chi connectivity index (χ1v) is 2.32. The van der Waals surface area contributed by atoms with Gasteiger partial charge in [0.25, 0.3) is 0 Å². The second kappa shape index (κ2) is 3.92. The van der Waals surface area contributed by atoms with Gasteiger partial charge >= 0.3 is 6.18 Å². The van der Waals surface area contributed by atoms with Gasteiger partial charge in [-0.3, -0.25) is 0 Å². The monoisotopic (exact) mass is 166 g/mol. The predicted molar refractivity (Wildman–Crippen MR) is 26.4 cm³/mol. The summed E-state index contributed by atoms with van der Waals surface area (Å²) < 4.78 is 33.3. The highest BCUT2D eigenvalue weighted by atomic mass is 35.5. The lowest BCUT2D eigenvalue weighted by atomic mass is 10.4. The van der Waals surface area contributed by atoms with Gasteiger partial charge in [-0.15, -0.1) is 11.6 Å². The molecule has 0 aromatic rings. The lowest BCUT2D eigenvalue weighted by Crippen LogP contribution is -2.29. The first-order chi connectivity index (χ1) is 3.48. The Morgan fingerprint density at radius 1 is 1.44 bits per heavy atom. The number of halogens is 4. The Kier molecular flexibility index (Phi) is 5.12. The molecule has 0 fully saturated rings. The quantitative estimate of drug-likeness (QED) is 0.561. The van der Waals surface area contributed by atoms with Crippen LogP contribution >= 0.6 is 11.6 Å². The summed E-state index contributed by atoms with van der Waals surface area (Å²) in [5, 5.41) is 7.94. The highest BCUT2D eigenvalue weighted by Gasteiger charge is 2.37. The molecule has 1 atom stereocenters. The number of aliphatic hydroxyl groups excluding tert-OH is 1. The Morgan fingerprint density at radius 2 is 1.78 bits per heavy atom. The van der Waals surface area contributed by atoms with E-state index in [2.05, 4.69) is 11.6 Å². The second-order valence-corrected chi connectivity index (χ2v) is 1.52. The van der Waals surface area contributed by atoms with E-state index in [1.165, 1.54) is 0 Å². The van der Waals surface area contributed by atoms with E-state index in [4.69, 9.17) is 5.11 Å². The van der Waals surface area contributed by atoms with Gasteiger partial charge in [0, 0.05) is 0 Å². The average Bonchev–Trinajstić information content (AvgIpc) is 1.62. The maximum absolute atomic E-state index is 11.1. The van der Waals surface area contributed by atoms with E-state index in [0.717, 1.165) is 0 Å². The van der Waals surface area contributed by atoms with Gasteiger partial charge in [0.2, 0.25) is 0 Å². The third-order valence-corrected chi connectivity index (χ3v) is 0.816. The molecule has 0 aliphatic heterocycles. The van der Waals surface area contributed by atoms with Crippen molar-refractivity contribution in [1.29, 1.82) is 0 Å². The van der Waals surface area contributed by atoms with Crippen LogP contribution in [0.3, 0.4) is 0 Å². The minimum absolute atomic E-state index is 0. The fourth-order valence-electron chi connectivity index (χ4n) is 0.0875. The van der Waals surface area contributed by atoms with Gasteiger partial charge in [-0.2, -0.15) is 13.2 Å². The van der Waals surface area contributed by atoms with Crippen molar-refractivity contribution in [2.75, 3.05) is 5.88 Å². The van der Waals surface area contributed by atoms with Gasteiger partial charge in [-0.25, -0.2) is 0 Å². The molecule has 3 N–H and O–H groups in total. The molecular weight excluding hydrogens is 160 g/mol. The molecule has 6 heteroatoms. The van der Waals surface area contributed by atoms with Crippen LogP contribution in [0.4, 0.5) is 13.2 Å². The maximum Gasteiger partial charge on any atom is 0.415 e. The van der Waals surface area contributed by atoms with Crippen LogP contribution in [0.2, 0.25) is 0 Å². The standard InChI is InChI=1S/C3H4ClF3O.H2O/c4-1-2(8)3(5,6)7;/h2,8H,1H2;1H2. The molecule has 0 aromatic carbocycles. The van der Waals surface area contributed by atoms with E-state index in [-0.39, 0.29) is 5.48 Å². The fourth-order valence-corrected chi connectivity index (χ4v) is 0.262. The highest BCUT2D eigenvalue weighted by Crippen LogP contribution is 2.20. The molecule has 0 heterocycles. The Bertz CT molecular complexity index is 73.9. The molecule has 0 saturated heterocycles. The first kappa shape index (κ1) is 11.8. The number of rotatable bonds is 1. The van der Waals surface area contributed by atoms with E-state index in [1.54, 1.807) is 0 Å². The Balaban J connectivity index is 0. The van der Waals surface area contributed by atoms with Crippen molar-refractivity contribution < 1.29 is 23.8 Å². The minimum atomic E-state index is -4.57. The first-order valence-electron chi connectivity index (χ1n) is 1.79. The van der Waals surface area contributed by atoms with Crippen LogP contribution < -0.4 is 0 Å². The zero-order chi connectivity index (χ0) is 6.78. The molecule has 0 bridgehead atoms. The van der Waals surface area contributed by atoms with Crippen molar-refractivity contribution in [3.63, 3.8) is 0 Å². The predicted octanol–water partition coefficient (Wildman–Crippen LogP) is 0.324.